The fourth-order valence-electron chi connectivity index (χ4n) is 4.41. The van der Waals surface area contributed by atoms with Crippen molar-refractivity contribution >= 4 is 28.7 Å². The summed E-state index contributed by atoms with van der Waals surface area (Å²) in [6.07, 6.45) is 0. The number of hydrogen-bond acceptors (Lipinski definition) is 4. The van der Waals surface area contributed by atoms with Crippen LogP contribution in [0.4, 0.5) is 10.1 Å². The number of alkyl halides is 1. The molecule has 0 aliphatic carbocycles. The fraction of sp³-hybridized carbons (Fsp3) is 0.435. The van der Waals surface area contributed by atoms with Gasteiger partial charge in [0.05, 0.1) is 26.4 Å². The normalized spacial score (nSPS) is 21.6. The van der Waals surface area contributed by atoms with E-state index in [4.69, 9.17) is 17.3 Å². The summed E-state index contributed by atoms with van der Waals surface area (Å²) < 4.78 is 26.0. The Hall–Kier alpha value is -1.79. The summed E-state index contributed by atoms with van der Waals surface area (Å²) in [5.74, 6) is 0.142. The second kappa shape index (κ2) is 9.37. The van der Waals surface area contributed by atoms with Gasteiger partial charge in [0.25, 0.3) is 5.91 Å². The molecule has 2 aromatic carbocycles. The lowest BCUT2D eigenvalue weighted by Gasteiger charge is -2.25. The van der Waals surface area contributed by atoms with Crippen molar-refractivity contribution in [1.29, 1.82) is 0 Å². The Kier molecular flexibility index (Phi) is 6.78. The lowest BCUT2D eigenvalue weighted by atomic mass is 9.86. The number of benzene rings is 2. The maximum atomic E-state index is 15.0. The van der Waals surface area contributed by atoms with Crippen LogP contribution >= 0.6 is 9.24 Å². The number of rotatable bonds is 6. The van der Waals surface area contributed by atoms with Gasteiger partial charge < -0.3 is 14.4 Å². The summed E-state index contributed by atoms with van der Waals surface area (Å²) >= 11 is 0. The predicted molar refractivity (Wildman–Crippen MR) is 123 cm³/mol. The molecule has 8 heteroatoms. The quantitative estimate of drug-likeness (QED) is 0.512. The summed E-state index contributed by atoms with van der Waals surface area (Å²) in [6.45, 7) is 4.38. The Balaban J connectivity index is 1.64. The Morgan fingerprint density at radius 2 is 2.10 bits per heavy atom. The summed E-state index contributed by atoms with van der Waals surface area (Å²) in [7, 11) is 9.62. The number of carbonyl (C=O) groups excluding carboxylic acids is 1. The number of amides is 1. The highest BCUT2D eigenvalue weighted by Crippen LogP contribution is 2.39. The topological polar surface area (TPSA) is 42.0 Å². The van der Waals surface area contributed by atoms with Crippen LogP contribution in [-0.4, -0.2) is 58.7 Å². The molecule has 0 spiro atoms. The smallest absolute Gasteiger partial charge is 0.258 e. The number of hydrogen-bond donors (Lipinski definition) is 0. The molecule has 3 atom stereocenters. The molecule has 0 bridgehead atoms. The van der Waals surface area contributed by atoms with Crippen LogP contribution in [0.1, 0.15) is 27.0 Å². The molecule has 1 fully saturated rings. The minimum atomic E-state index is -2.12. The summed E-state index contributed by atoms with van der Waals surface area (Å²) in [4.78, 5) is 17.1. The molecule has 1 saturated heterocycles. The van der Waals surface area contributed by atoms with Gasteiger partial charge in [-0.1, -0.05) is 24.3 Å². The van der Waals surface area contributed by atoms with E-state index in [-0.39, 0.29) is 11.8 Å². The van der Waals surface area contributed by atoms with E-state index in [1.165, 1.54) is 0 Å². The lowest BCUT2D eigenvalue weighted by Crippen LogP contribution is -2.31. The molecule has 5 nitrogen and oxygen atoms in total. The number of ether oxygens (including phenoxy) is 2. The van der Waals surface area contributed by atoms with Crippen molar-refractivity contribution in [3.05, 3.63) is 64.7 Å². The molecule has 162 valence electrons. The average Bonchev–Trinajstić information content (AvgIpc) is 2.91. The molecule has 2 aliphatic heterocycles. The van der Waals surface area contributed by atoms with Gasteiger partial charge in [-0.25, -0.2) is 4.39 Å². The molecule has 2 aliphatic rings. The standard InChI is InChI=1S/C23H27BFN2O3P/c1-29-14-17-12-26(7-8-30-15-17)11-16-9-19-20(21(10-16)23(24,25)31)13-27(22(19)28)18-5-3-2-4-6-18/h2-6,9-10,17H,7-8,11-15,31H2,1H3. The van der Waals surface area contributed by atoms with Crippen molar-refractivity contribution in [2.45, 2.75) is 18.4 Å². The summed E-state index contributed by atoms with van der Waals surface area (Å²) in [6, 6.07) is 13.1. The van der Waals surface area contributed by atoms with Crippen LogP contribution in [0.5, 0.6) is 0 Å². The van der Waals surface area contributed by atoms with Gasteiger partial charge in [-0.2, -0.15) is 0 Å². The average molecular weight is 440 g/mol. The first-order valence-corrected chi connectivity index (χ1v) is 11.0. The van der Waals surface area contributed by atoms with Gasteiger partial charge in [0.15, 0.2) is 0 Å². The second-order valence-electron chi connectivity index (χ2n) is 8.30. The summed E-state index contributed by atoms with van der Waals surface area (Å²) in [5.41, 5.74) is 3.16. The lowest BCUT2D eigenvalue weighted by molar-refractivity contribution is 0.0762. The largest absolute Gasteiger partial charge is 0.384 e. The Morgan fingerprint density at radius 1 is 1.32 bits per heavy atom. The minimum absolute atomic E-state index is 0.130. The van der Waals surface area contributed by atoms with E-state index >= 15 is 0 Å². The first kappa shape index (κ1) is 22.4. The molecule has 0 aromatic heterocycles. The number of fused-ring (bicyclic) bond motifs is 1. The number of nitrogens with zero attached hydrogens (tertiary/aromatic N) is 2. The van der Waals surface area contributed by atoms with Crippen molar-refractivity contribution in [1.82, 2.24) is 4.90 Å². The molecule has 2 aromatic rings. The third kappa shape index (κ3) is 5.01. The number of methoxy groups -OCH3 is 1. The van der Waals surface area contributed by atoms with Gasteiger partial charge >= 0.3 is 0 Å². The van der Waals surface area contributed by atoms with Crippen molar-refractivity contribution < 1.29 is 18.7 Å². The van der Waals surface area contributed by atoms with E-state index in [0.717, 1.165) is 24.3 Å². The molecule has 0 N–H and O–H groups in total. The molecule has 4 rings (SSSR count). The third-order valence-electron chi connectivity index (χ3n) is 5.81. The first-order chi connectivity index (χ1) is 14.9. The van der Waals surface area contributed by atoms with E-state index in [1.54, 1.807) is 18.1 Å². The molecule has 1 amide bonds. The van der Waals surface area contributed by atoms with Crippen LogP contribution < -0.4 is 4.90 Å². The Morgan fingerprint density at radius 3 is 2.81 bits per heavy atom. The minimum Gasteiger partial charge on any atom is -0.384 e. The monoisotopic (exact) mass is 440 g/mol. The van der Waals surface area contributed by atoms with E-state index in [0.29, 0.717) is 49.6 Å². The number of carbonyl (C=O) groups is 1. The number of halogens is 1. The third-order valence-corrected chi connectivity index (χ3v) is 6.12. The summed E-state index contributed by atoms with van der Waals surface area (Å²) in [5, 5.41) is -2.12. The maximum absolute atomic E-state index is 15.0. The predicted octanol–water partition coefficient (Wildman–Crippen LogP) is 3.07. The maximum Gasteiger partial charge on any atom is 0.258 e. The van der Waals surface area contributed by atoms with Gasteiger partial charge in [-0.05, 0) is 34.9 Å². The zero-order chi connectivity index (χ0) is 22.0. The molecular formula is C23H27BFN2O3P. The molecule has 0 saturated carbocycles. The van der Waals surface area contributed by atoms with Crippen molar-refractivity contribution in [3.8, 4) is 0 Å². The van der Waals surface area contributed by atoms with Gasteiger partial charge in [0, 0.05) is 43.9 Å². The second-order valence-corrected chi connectivity index (χ2v) is 9.14. The zero-order valence-corrected chi connectivity index (χ0v) is 18.9. The van der Waals surface area contributed by atoms with E-state index in [2.05, 4.69) is 14.1 Å². The van der Waals surface area contributed by atoms with Crippen molar-refractivity contribution in [3.63, 3.8) is 0 Å². The molecule has 3 unspecified atom stereocenters. The number of anilines is 1. The van der Waals surface area contributed by atoms with Gasteiger partial charge in [0.1, 0.15) is 13.2 Å². The molecule has 31 heavy (non-hydrogen) atoms. The van der Waals surface area contributed by atoms with E-state index < -0.39 is 5.31 Å². The highest BCUT2D eigenvalue weighted by molar-refractivity contribution is 7.21. The van der Waals surface area contributed by atoms with Crippen LogP contribution in [0.25, 0.3) is 0 Å². The zero-order valence-electron chi connectivity index (χ0n) is 17.7. The van der Waals surface area contributed by atoms with Crippen LogP contribution in [0, 0.1) is 5.92 Å². The Labute approximate surface area is 186 Å². The van der Waals surface area contributed by atoms with Crippen molar-refractivity contribution in [2.75, 3.05) is 44.9 Å². The van der Waals surface area contributed by atoms with Gasteiger partial charge in [-0.3, -0.25) is 9.69 Å². The Bertz CT molecular complexity index is 938. The molecular weight excluding hydrogens is 413 g/mol. The van der Waals surface area contributed by atoms with E-state index in [1.807, 2.05) is 36.4 Å². The molecule has 2 heterocycles. The molecule has 2 radical (unpaired) electrons. The van der Waals surface area contributed by atoms with Crippen LogP contribution in [0.15, 0.2) is 42.5 Å². The van der Waals surface area contributed by atoms with Gasteiger partial charge in [0.2, 0.25) is 0 Å². The van der Waals surface area contributed by atoms with Crippen LogP contribution in [-0.2, 0) is 27.9 Å². The number of para-hydroxylation sites is 1. The highest BCUT2D eigenvalue weighted by Gasteiger charge is 2.35. The first-order valence-electron chi connectivity index (χ1n) is 10.5. The van der Waals surface area contributed by atoms with Crippen LogP contribution in [0.2, 0.25) is 0 Å². The SMILES string of the molecule is [B]C(F)(P)c1cc(CN2CCOCC(COC)C2)cc2c1CN(c1ccccc1)C2=O. The van der Waals surface area contributed by atoms with Crippen molar-refractivity contribution in [2.24, 2.45) is 5.92 Å². The fourth-order valence-corrected chi connectivity index (χ4v) is 4.67. The van der Waals surface area contributed by atoms with Gasteiger partial charge in [-0.15, -0.1) is 9.24 Å². The highest BCUT2D eigenvalue weighted by atomic mass is 31.0. The van der Waals surface area contributed by atoms with Crippen LogP contribution in [0.3, 0.4) is 0 Å². The van der Waals surface area contributed by atoms with E-state index in [9.17, 15) is 9.18 Å².